The normalized spacial score (nSPS) is 12.9. The highest BCUT2D eigenvalue weighted by molar-refractivity contribution is 9.10. The Balaban J connectivity index is 2.89. The van der Waals surface area contributed by atoms with Crippen LogP contribution in [-0.4, -0.2) is 18.1 Å². The molecule has 20 heavy (non-hydrogen) atoms. The van der Waals surface area contributed by atoms with Crippen LogP contribution in [0.4, 0.5) is 8.78 Å². The van der Waals surface area contributed by atoms with Crippen molar-refractivity contribution in [3.63, 3.8) is 0 Å². The summed E-state index contributed by atoms with van der Waals surface area (Å²) in [6.45, 7) is 7.07. The molecular weight excluding hydrogens is 344 g/mol. The lowest BCUT2D eigenvalue weighted by Gasteiger charge is -2.21. The summed E-state index contributed by atoms with van der Waals surface area (Å²) in [5, 5.41) is 3.25. The van der Waals surface area contributed by atoms with Gasteiger partial charge in [-0.05, 0) is 52.7 Å². The largest absolute Gasteiger partial charge is 0.309 e. The van der Waals surface area contributed by atoms with Gasteiger partial charge in [-0.25, -0.2) is 8.78 Å². The number of rotatable bonds is 8. The van der Waals surface area contributed by atoms with Gasteiger partial charge in [-0.2, -0.15) is 11.8 Å². The molecule has 5 heteroatoms. The van der Waals surface area contributed by atoms with Crippen LogP contribution in [0.25, 0.3) is 0 Å². The van der Waals surface area contributed by atoms with Crippen molar-refractivity contribution in [2.75, 3.05) is 18.1 Å². The van der Waals surface area contributed by atoms with E-state index in [-0.39, 0.29) is 11.6 Å². The van der Waals surface area contributed by atoms with Crippen LogP contribution >= 0.6 is 27.7 Å². The average Bonchev–Trinajstić information content (AvgIpc) is 2.39. The smallest absolute Gasteiger partial charge is 0.145 e. The monoisotopic (exact) mass is 365 g/mol. The Bertz CT molecular complexity index is 427. The van der Waals surface area contributed by atoms with Crippen molar-refractivity contribution in [2.45, 2.75) is 33.2 Å². The maximum absolute atomic E-state index is 14.2. The van der Waals surface area contributed by atoms with Gasteiger partial charge in [0.15, 0.2) is 0 Å². The molecule has 1 aromatic carbocycles. The molecule has 0 spiro atoms. The molecule has 1 unspecified atom stereocenters. The summed E-state index contributed by atoms with van der Waals surface area (Å²) in [5.41, 5.74) is 0.143. The van der Waals surface area contributed by atoms with E-state index in [0.717, 1.165) is 18.7 Å². The van der Waals surface area contributed by atoms with Gasteiger partial charge in [-0.15, -0.1) is 0 Å². The molecule has 1 nitrogen and oxygen atoms in total. The lowest BCUT2D eigenvalue weighted by molar-refractivity contribution is 0.489. The van der Waals surface area contributed by atoms with Crippen LogP contribution in [0.2, 0.25) is 0 Å². The minimum atomic E-state index is -0.497. The number of halogens is 3. The second kappa shape index (κ2) is 9.00. The fraction of sp³-hybridized carbons (Fsp3) is 0.600. The molecule has 0 aliphatic carbocycles. The van der Waals surface area contributed by atoms with Crippen LogP contribution in [0, 0.1) is 17.6 Å². The zero-order valence-electron chi connectivity index (χ0n) is 12.2. The summed E-state index contributed by atoms with van der Waals surface area (Å²) >= 11 is 4.86. The molecule has 0 aliphatic rings. The van der Waals surface area contributed by atoms with E-state index in [1.54, 1.807) is 11.8 Å². The fourth-order valence-corrected chi connectivity index (χ4v) is 3.32. The van der Waals surface area contributed by atoms with Crippen molar-refractivity contribution >= 4 is 27.7 Å². The van der Waals surface area contributed by atoms with Crippen molar-refractivity contribution in [1.29, 1.82) is 0 Å². The van der Waals surface area contributed by atoms with Crippen molar-refractivity contribution in [1.82, 2.24) is 5.32 Å². The number of hydrogen-bond donors (Lipinski definition) is 1. The summed E-state index contributed by atoms with van der Waals surface area (Å²) in [5.74, 6) is 1.25. The molecule has 0 saturated heterocycles. The van der Waals surface area contributed by atoms with Gasteiger partial charge in [0, 0.05) is 17.4 Å². The lowest BCUT2D eigenvalue weighted by atomic mass is 10.1. The molecule has 0 fully saturated rings. The topological polar surface area (TPSA) is 12.0 Å². The highest BCUT2D eigenvalue weighted by Gasteiger charge is 2.21. The zero-order valence-corrected chi connectivity index (χ0v) is 14.6. The molecule has 114 valence electrons. The van der Waals surface area contributed by atoms with Gasteiger partial charge >= 0.3 is 0 Å². The lowest BCUT2D eigenvalue weighted by Crippen LogP contribution is -2.26. The first-order valence-electron chi connectivity index (χ1n) is 6.91. The molecule has 1 atom stereocenters. The van der Waals surface area contributed by atoms with Crippen molar-refractivity contribution in [2.24, 2.45) is 5.92 Å². The Hall–Kier alpha value is -0.130. The molecule has 1 N–H and O–H groups in total. The molecule has 0 aliphatic heterocycles. The first kappa shape index (κ1) is 17.9. The third-order valence-electron chi connectivity index (χ3n) is 2.80. The van der Waals surface area contributed by atoms with Gasteiger partial charge in [-0.1, -0.05) is 20.8 Å². The van der Waals surface area contributed by atoms with E-state index in [1.807, 2.05) is 6.92 Å². The Morgan fingerprint density at radius 3 is 2.55 bits per heavy atom. The number of hydrogen-bond acceptors (Lipinski definition) is 2. The van der Waals surface area contributed by atoms with Crippen LogP contribution in [0.1, 0.15) is 38.8 Å². The Morgan fingerprint density at radius 1 is 1.25 bits per heavy atom. The molecule has 0 bridgehead atoms. The van der Waals surface area contributed by atoms with Gasteiger partial charge in [0.2, 0.25) is 0 Å². The third kappa shape index (κ3) is 5.34. The third-order valence-corrected chi connectivity index (χ3v) is 4.89. The van der Waals surface area contributed by atoms with Crippen LogP contribution < -0.4 is 5.32 Å². The standard InChI is InChI=1S/C15H22BrF2NS/c1-4-7-19-13(9-20-8-10(2)3)14-12(17)6-5-11(16)15(14)18/h5-6,10,13,19H,4,7-9H2,1-3H3. The van der Waals surface area contributed by atoms with E-state index in [9.17, 15) is 8.78 Å². The second-order valence-electron chi connectivity index (χ2n) is 5.19. The van der Waals surface area contributed by atoms with E-state index in [0.29, 0.717) is 16.1 Å². The maximum atomic E-state index is 14.2. The van der Waals surface area contributed by atoms with Crippen LogP contribution in [0.3, 0.4) is 0 Å². The van der Waals surface area contributed by atoms with E-state index in [4.69, 9.17) is 0 Å². The predicted octanol–water partition coefficient (Wildman–Crippen LogP) is 5.16. The van der Waals surface area contributed by atoms with Gasteiger partial charge in [0.1, 0.15) is 11.6 Å². The quantitative estimate of drug-likeness (QED) is 0.638. The molecule has 1 aromatic rings. The van der Waals surface area contributed by atoms with Gasteiger partial charge in [0.05, 0.1) is 4.47 Å². The summed E-state index contributed by atoms with van der Waals surface area (Å²) in [6.07, 6.45) is 0.933. The van der Waals surface area contributed by atoms with Crippen LogP contribution in [0.15, 0.2) is 16.6 Å². The number of nitrogens with one attached hydrogen (secondary N) is 1. The summed E-state index contributed by atoms with van der Waals surface area (Å²) in [6, 6.07) is 2.43. The average molecular weight is 366 g/mol. The molecule has 0 aromatic heterocycles. The maximum Gasteiger partial charge on any atom is 0.145 e. The first-order valence-corrected chi connectivity index (χ1v) is 8.86. The summed E-state index contributed by atoms with van der Waals surface area (Å²) in [7, 11) is 0. The van der Waals surface area contributed by atoms with Crippen molar-refractivity contribution in [3.8, 4) is 0 Å². The SMILES string of the molecule is CCCNC(CSCC(C)C)c1c(F)ccc(Br)c1F. The predicted molar refractivity (Wildman–Crippen MR) is 87.3 cm³/mol. The Morgan fingerprint density at radius 2 is 1.95 bits per heavy atom. The summed E-state index contributed by atoms with van der Waals surface area (Å²) in [4.78, 5) is 0. The Kier molecular flexibility index (Phi) is 8.07. The molecule has 0 radical (unpaired) electrons. The Labute approximate surface area is 133 Å². The molecule has 1 rings (SSSR count). The molecule has 0 saturated carbocycles. The van der Waals surface area contributed by atoms with Crippen molar-refractivity contribution < 1.29 is 8.78 Å². The zero-order chi connectivity index (χ0) is 15.1. The fourth-order valence-electron chi connectivity index (χ4n) is 1.85. The molecular formula is C15H22BrF2NS. The first-order chi connectivity index (χ1) is 9.47. The van der Waals surface area contributed by atoms with Gasteiger partial charge in [0.25, 0.3) is 0 Å². The van der Waals surface area contributed by atoms with E-state index >= 15 is 0 Å². The minimum Gasteiger partial charge on any atom is -0.309 e. The van der Waals surface area contributed by atoms with Gasteiger partial charge < -0.3 is 5.32 Å². The van der Waals surface area contributed by atoms with Crippen LogP contribution in [0.5, 0.6) is 0 Å². The van der Waals surface area contributed by atoms with E-state index < -0.39 is 11.6 Å². The molecule has 0 heterocycles. The van der Waals surface area contributed by atoms with Crippen LogP contribution in [-0.2, 0) is 0 Å². The molecule has 0 amide bonds. The van der Waals surface area contributed by atoms with E-state index in [1.165, 1.54) is 12.1 Å². The van der Waals surface area contributed by atoms with Crippen molar-refractivity contribution in [3.05, 3.63) is 33.8 Å². The highest BCUT2D eigenvalue weighted by atomic mass is 79.9. The number of benzene rings is 1. The highest BCUT2D eigenvalue weighted by Crippen LogP contribution is 2.29. The summed E-state index contributed by atoms with van der Waals surface area (Å²) < 4.78 is 28.5. The van der Waals surface area contributed by atoms with E-state index in [2.05, 4.69) is 35.1 Å². The second-order valence-corrected chi connectivity index (χ2v) is 7.12. The number of thioether (sulfide) groups is 1. The van der Waals surface area contributed by atoms with Gasteiger partial charge in [-0.3, -0.25) is 0 Å². The minimum absolute atomic E-state index is 0.143.